The van der Waals surface area contributed by atoms with E-state index in [1.54, 1.807) is 6.08 Å². The van der Waals surface area contributed by atoms with Crippen LogP contribution < -0.4 is 5.56 Å². The summed E-state index contributed by atoms with van der Waals surface area (Å²) in [5, 5.41) is 9.06. The van der Waals surface area contributed by atoms with E-state index >= 15 is 0 Å². The maximum absolute atomic E-state index is 12.1. The Bertz CT molecular complexity index is 849. The van der Waals surface area contributed by atoms with Crippen molar-refractivity contribution in [1.29, 1.82) is 5.26 Å². The molecule has 0 saturated carbocycles. The van der Waals surface area contributed by atoms with Crippen LogP contribution in [0.4, 0.5) is 0 Å². The van der Waals surface area contributed by atoms with Crippen molar-refractivity contribution in [3.05, 3.63) is 50.5 Å². The lowest BCUT2D eigenvalue weighted by atomic mass is 9.97. The second-order valence-electron chi connectivity index (χ2n) is 5.66. The van der Waals surface area contributed by atoms with Gasteiger partial charge in [0, 0.05) is 18.3 Å². The second-order valence-corrected chi connectivity index (χ2v) is 5.66. The van der Waals surface area contributed by atoms with Crippen LogP contribution in [0.5, 0.6) is 0 Å². The number of aromatic nitrogens is 3. The number of aryl methyl sites for hydroxylation is 1. The van der Waals surface area contributed by atoms with Gasteiger partial charge in [0.15, 0.2) is 0 Å². The van der Waals surface area contributed by atoms with Gasteiger partial charge in [-0.15, -0.1) is 0 Å². The monoisotopic (exact) mass is 294 g/mol. The largest absolute Gasteiger partial charge is 0.339 e. The second kappa shape index (κ2) is 5.64. The summed E-state index contributed by atoms with van der Waals surface area (Å²) in [6.45, 7) is 1.96. The zero-order valence-electron chi connectivity index (χ0n) is 12.8. The highest BCUT2D eigenvalue weighted by Crippen LogP contribution is 2.18. The molecule has 1 aliphatic rings. The van der Waals surface area contributed by atoms with Crippen LogP contribution in [0.3, 0.4) is 0 Å². The Morgan fingerprint density at radius 1 is 1.36 bits per heavy atom. The molecule has 0 bridgehead atoms. The van der Waals surface area contributed by atoms with Crippen LogP contribution in [0.15, 0.2) is 10.9 Å². The molecular weight excluding hydrogens is 276 g/mol. The van der Waals surface area contributed by atoms with E-state index in [0.29, 0.717) is 11.5 Å². The third kappa shape index (κ3) is 2.48. The van der Waals surface area contributed by atoms with Crippen LogP contribution in [0.1, 0.15) is 46.9 Å². The fourth-order valence-corrected chi connectivity index (χ4v) is 2.87. The van der Waals surface area contributed by atoms with E-state index in [-0.39, 0.29) is 5.56 Å². The number of aromatic amines is 1. The fourth-order valence-electron chi connectivity index (χ4n) is 2.87. The van der Waals surface area contributed by atoms with Crippen LogP contribution in [0.2, 0.25) is 0 Å². The minimum Gasteiger partial charge on any atom is -0.339 e. The molecular formula is C17H18N4O. The van der Waals surface area contributed by atoms with Gasteiger partial charge in [-0.2, -0.15) is 5.26 Å². The van der Waals surface area contributed by atoms with Crippen molar-refractivity contribution >= 4 is 12.2 Å². The van der Waals surface area contributed by atoms with Crippen molar-refractivity contribution in [1.82, 2.24) is 14.5 Å². The summed E-state index contributed by atoms with van der Waals surface area (Å²) in [6.07, 6.45) is 7.56. The zero-order valence-corrected chi connectivity index (χ0v) is 12.8. The van der Waals surface area contributed by atoms with Crippen molar-refractivity contribution < 1.29 is 0 Å². The number of nitriles is 1. The summed E-state index contributed by atoms with van der Waals surface area (Å²) >= 11 is 0. The Labute approximate surface area is 128 Å². The molecule has 0 unspecified atom stereocenters. The average molecular weight is 294 g/mol. The number of hydrogen-bond donors (Lipinski definition) is 1. The number of rotatable bonds is 2. The molecule has 5 heteroatoms. The smallest absolute Gasteiger partial charge is 0.254 e. The molecule has 2 heterocycles. The predicted molar refractivity (Wildman–Crippen MR) is 85.3 cm³/mol. The van der Waals surface area contributed by atoms with E-state index in [2.05, 4.69) is 16.0 Å². The van der Waals surface area contributed by atoms with E-state index in [4.69, 9.17) is 5.26 Å². The van der Waals surface area contributed by atoms with E-state index in [1.165, 1.54) is 0 Å². The van der Waals surface area contributed by atoms with Gasteiger partial charge in [-0.25, -0.2) is 4.98 Å². The topological polar surface area (TPSA) is 74.5 Å². The van der Waals surface area contributed by atoms with Crippen molar-refractivity contribution in [3.63, 3.8) is 0 Å². The van der Waals surface area contributed by atoms with Crippen molar-refractivity contribution in [2.75, 3.05) is 0 Å². The van der Waals surface area contributed by atoms with Crippen molar-refractivity contribution in [2.45, 2.75) is 32.6 Å². The first-order valence-electron chi connectivity index (χ1n) is 7.46. The van der Waals surface area contributed by atoms with E-state index in [1.807, 2.05) is 30.7 Å². The van der Waals surface area contributed by atoms with Crippen LogP contribution >= 0.6 is 0 Å². The highest BCUT2D eigenvalue weighted by Gasteiger charge is 2.14. The summed E-state index contributed by atoms with van der Waals surface area (Å²) in [5.41, 5.74) is 4.33. The lowest BCUT2D eigenvalue weighted by molar-refractivity contribution is 0.655. The molecule has 0 fully saturated rings. The molecule has 22 heavy (non-hydrogen) atoms. The zero-order chi connectivity index (χ0) is 15.7. The molecule has 5 nitrogen and oxygen atoms in total. The SMILES string of the molecule is Cc1c(C=Cc2nc3c(c(=O)[nH]2)CCCC3)cc(C#N)n1C. The molecule has 0 amide bonds. The molecule has 3 rings (SSSR count). The normalized spacial score (nSPS) is 14.0. The molecule has 2 aromatic rings. The van der Waals surface area contributed by atoms with Gasteiger partial charge in [-0.3, -0.25) is 4.79 Å². The molecule has 0 saturated heterocycles. The van der Waals surface area contributed by atoms with Crippen LogP contribution in [0.25, 0.3) is 12.2 Å². The molecule has 112 valence electrons. The summed E-state index contributed by atoms with van der Waals surface area (Å²) in [6, 6.07) is 4.00. The average Bonchev–Trinajstić information content (AvgIpc) is 2.80. The van der Waals surface area contributed by atoms with Gasteiger partial charge < -0.3 is 9.55 Å². The summed E-state index contributed by atoms with van der Waals surface area (Å²) in [7, 11) is 1.87. The standard InChI is InChI=1S/C17H18N4O/c1-11-12(9-13(10-18)21(11)2)7-8-16-19-15-6-4-3-5-14(15)17(22)20-16/h7-9H,3-6H2,1-2H3,(H,19,20,22). The lowest BCUT2D eigenvalue weighted by Gasteiger charge is -2.13. The molecule has 2 aromatic heterocycles. The molecule has 0 spiro atoms. The quantitative estimate of drug-likeness (QED) is 0.923. The molecule has 0 aromatic carbocycles. The van der Waals surface area contributed by atoms with Gasteiger partial charge in [0.05, 0.1) is 5.69 Å². The van der Waals surface area contributed by atoms with Gasteiger partial charge in [0.1, 0.15) is 17.6 Å². The fraction of sp³-hybridized carbons (Fsp3) is 0.353. The number of nitrogens with zero attached hydrogens (tertiary/aromatic N) is 3. The molecule has 1 N–H and O–H groups in total. The Balaban J connectivity index is 1.95. The first-order valence-corrected chi connectivity index (χ1v) is 7.46. The summed E-state index contributed by atoms with van der Waals surface area (Å²) in [4.78, 5) is 19.5. The first kappa shape index (κ1) is 14.3. The van der Waals surface area contributed by atoms with Crippen molar-refractivity contribution in [2.24, 2.45) is 7.05 Å². The molecule has 0 aliphatic heterocycles. The summed E-state index contributed by atoms with van der Waals surface area (Å²) < 4.78 is 1.85. The number of nitrogens with one attached hydrogen (secondary N) is 1. The molecule has 1 aliphatic carbocycles. The maximum atomic E-state index is 12.1. The van der Waals surface area contributed by atoms with Crippen LogP contribution in [0, 0.1) is 18.3 Å². The lowest BCUT2D eigenvalue weighted by Crippen LogP contribution is -2.21. The van der Waals surface area contributed by atoms with Gasteiger partial charge in [0.25, 0.3) is 5.56 Å². The third-order valence-corrected chi connectivity index (χ3v) is 4.32. The van der Waals surface area contributed by atoms with Gasteiger partial charge >= 0.3 is 0 Å². The number of hydrogen-bond acceptors (Lipinski definition) is 3. The van der Waals surface area contributed by atoms with E-state index in [0.717, 1.165) is 48.2 Å². The van der Waals surface area contributed by atoms with Crippen LogP contribution in [-0.2, 0) is 19.9 Å². The van der Waals surface area contributed by atoms with Crippen LogP contribution in [-0.4, -0.2) is 14.5 Å². The Morgan fingerprint density at radius 3 is 2.86 bits per heavy atom. The number of H-pyrrole nitrogens is 1. The van der Waals surface area contributed by atoms with Gasteiger partial charge in [-0.1, -0.05) is 0 Å². The Morgan fingerprint density at radius 2 is 2.14 bits per heavy atom. The minimum atomic E-state index is -0.0214. The highest BCUT2D eigenvalue weighted by atomic mass is 16.1. The van der Waals surface area contributed by atoms with E-state index in [9.17, 15) is 4.79 Å². The maximum Gasteiger partial charge on any atom is 0.254 e. The van der Waals surface area contributed by atoms with Gasteiger partial charge in [0.2, 0.25) is 0 Å². The minimum absolute atomic E-state index is 0.0214. The third-order valence-electron chi connectivity index (χ3n) is 4.32. The first-order chi connectivity index (χ1) is 10.6. The highest BCUT2D eigenvalue weighted by molar-refractivity contribution is 5.69. The van der Waals surface area contributed by atoms with Crippen molar-refractivity contribution in [3.8, 4) is 6.07 Å². The summed E-state index contributed by atoms with van der Waals surface area (Å²) in [5.74, 6) is 0.576. The van der Waals surface area contributed by atoms with E-state index < -0.39 is 0 Å². The molecule has 0 atom stereocenters. The number of fused-ring (bicyclic) bond motifs is 1. The Hall–Kier alpha value is -2.61. The molecule has 0 radical (unpaired) electrons. The van der Waals surface area contributed by atoms with Gasteiger partial charge in [-0.05, 0) is 56.4 Å². The predicted octanol–water partition coefficient (Wildman–Crippen LogP) is 2.34. The Kier molecular flexibility index (Phi) is 3.68.